The molecule has 0 spiro atoms. The normalized spacial score (nSPS) is 14.1. The molecule has 0 radical (unpaired) electrons. The number of pyridine rings is 1. The van der Waals surface area contributed by atoms with Crippen molar-refractivity contribution in [3.05, 3.63) is 59.4 Å². The summed E-state index contributed by atoms with van der Waals surface area (Å²) in [5, 5.41) is 3.02. The number of nitrogen functional groups attached to an aromatic ring is 1. The van der Waals surface area contributed by atoms with E-state index in [4.69, 9.17) is 5.73 Å². The number of carbonyl (C=O) groups excluding carboxylic acids is 1. The van der Waals surface area contributed by atoms with Gasteiger partial charge in [0.15, 0.2) is 0 Å². The zero-order valence-electron chi connectivity index (χ0n) is 10.5. The van der Waals surface area contributed by atoms with E-state index in [1.54, 1.807) is 12.3 Å². The molecule has 4 heteroatoms. The summed E-state index contributed by atoms with van der Waals surface area (Å²) in [4.78, 5) is 16.1. The number of rotatable bonds is 2. The van der Waals surface area contributed by atoms with E-state index in [1.807, 2.05) is 12.1 Å². The minimum Gasteiger partial charge on any atom is -0.398 e. The second-order valence-electron chi connectivity index (χ2n) is 4.81. The average molecular weight is 253 g/mol. The third kappa shape index (κ3) is 2.29. The smallest absolute Gasteiger partial charge is 0.255 e. The van der Waals surface area contributed by atoms with E-state index >= 15 is 0 Å². The van der Waals surface area contributed by atoms with Crippen molar-refractivity contribution in [3.8, 4) is 0 Å². The molecule has 96 valence electrons. The lowest BCUT2D eigenvalue weighted by Crippen LogP contribution is -2.35. The van der Waals surface area contributed by atoms with Crippen molar-refractivity contribution in [1.82, 2.24) is 10.3 Å². The largest absolute Gasteiger partial charge is 0.398 e. The Kier molecular flexibility index (Phi) is 2.91. The minimum atomic E-state index is -0.150. The highest BCUT2D eigenvalue weighted by Crippen LogP contribution is 2.22. The van der Waals surface area contributed by atoms with Gasteiger partial charge in [0.05, 0.1) is 5.56 Å². The number of nitrogens with one attached hydrogen (secondary N) is 1. The molecule has 4 nitrogen and oxygen atoms in total. The van der Waals surface area contributed by atoms with Gasteiger partial charge in [-0.15, -0.1) is 0 Å². The summed E-state index contributed by atoms with van der Waals surface area (Å²) in [7, 11) is 0. The predicted octanol–water partition coefficient (Wildman–Crippen LogP) is 1.56. The van der Waals surface area contributed by atoms with E-state index in [0.29, 0.717) is 11.3 Å². The van der Waals surface area contributed by atoms with Gasteiger partial charge in [0.25, 0.3) is 5.91 Å². The minimum absolute atomic E-state index is 0.143. The number of anilines is 1. The lowest BCUT2D eigenvalue weighted by molar-refractivity contribution is 0.0939. The van der Waals surface area contributed by atoms with Crippen LogP contribution in [0, 0.1) is 0 Å². The van der Waals surface area contributed by atoms with Crippen molar-refractivity contribution in [2.75, 3.05) is 5.73 Å². The number of hydrogen-bond acceptors (Lipinski definition) is 3. The summed E-state index contributed by atoms with van der Waals surface area (Å²) in [5.74, 6) is -0.150. The van der Waals surface area contributed by atoms with Gasteiger partial charge in [-0.05, 0) is 30.0 Å². The van der Waals surface area contributed by atoms with Crippen LogP contribution in [-0.4, -0.2) is 16.9 Å². The monoisotopic (exact) mass is 253 g/mol. The first-order valence-electron chi connectivity index (χ1n) is 6.31. The summed E-state index contributed by atoms with van der Waals surface area (Å²) in [6.45, 7) is 0. The van der Waals surface area contributed by atoms with Gasteiger partial charge in [-0.3, -0.25) is 9.78 Å². The van der Waals surface area contributed by atoms with Gasteiger partial charge in [0.2, 0.25) is 0 Å². The zero-order chi connectivity index (χ0) is 13.2. The maximum atomic E-state index is 12.1. The number of nitrogens with two attached hydrogens (primary N) is 1. The lowest BCUT2D eigenvalue weighted by Gasteiger charge is -2.12. The third-order valence-corrected chi connectivity index (χ3v) is 3.49. The Labute approximate surface area is 111 Å². The quantitative estimate of drug-likeness (QED) is 0.853. The summed E-state index contributed by atoms with van der Waals surface area (Å²) in [6.07, 6.45) is 4.84. The molecule has 0 fully saturated rings. The maximum Gasteiger partial charge on any atom is 0.255 e. The molecule has 2 aromatic rings. The number of aromatic nitrogens is 1. The van der Waals surface area contributed by atoms with Gasteiger partial charge in [0, 0.05) is 24.1 Å². The molecular formula is C15H15N3O. The van der Waals surface area contributed by atoms with Gasteiger partial charge >= 0.3 is 0 Å². The fourth-order valence-corrected chi connectivity index (χ4v) is 2.52. The van der Waals surface area contributed by atoms with Crippen LogP contribution >= 0.6 is 0 Å². The number of benzene rings is 1. The second-order valence-corrected chi connectivity index (χ2v) is 4.81. The first-order valence-corrected chi connectivity index (χ1v) is 6.31. The summed E-state index contributed by atoms with van der Waals surface area (Å²) < 4.78 is 0. The highest BCUT2D eigenvalue weighted by atomic mass is 16.1. The molecule has 1 aromatic heterocycles. The number of hydrogen-bond donors (Lipinski definition) is 2. The van der Waals surface area contributed by atoms with Crippen LogP contribution in [0.1, 0.15) is 21.5 Å². The molecule has 1 amide bonds. The lowest BCUT2D eigenvalue weighted by atomic mass is 10.1. The van der Waals surface area contributed by atoms with Gasteiger partial charge in [-0.1, -0.05) is 24.3 Å². The summed E-state index contributed by atoms with van der Waals surface area (Å²) >= 11 is 0. The molecule has 3 N–H and O–H groups in total. The van der Waals surface area contributed by atoms with Crippen molar-refractivity contribution in [3.63, 3.8) is 0 Å². The predicted molar refractivity (Wildman–Crippen MR) is 73.8 cm³/mol. The average Bonchev–Trinajstić information content (AvgIpc) is 2.81. The van der Waals surface area contributed by atoms with Gasteiger partial charge in [-0.25, -0.2) is 0 Å². The summed E-state index contributed by atoms with van der Waals surface area (Å²) in [5.41, 5.74) is 9.31. The second kappa shape index (κ2) is 4.72. The van der Waals surface area contributed by atoms with E-state index < -0.39 is 0 Å². The Morgan fingerprint density at radius 2 is 1.89 bits per heavy atom. The van der Waals surface area contributed by atoms with Crippen LogP contribution in [0.15, 0.2) is 42.7 Å². The van der Waals surface area contributed by atoms with E-state index in [9.17, 15) is 4.79 Å². The van der Waals surface area contributed by atoms with Crippen LogP contribution in [0.2, 0.25) is 0 Å². The van der Waals surface area contributed by atoms with Gasteiger partial charge in [-0.2, -0.15) is 0 Å². The molecule has 1 aliphatic carbocycles. The molecule has 3 rings (SSSR count). The molecule has 1 heterocycles. The molecule has 0 aliphatic heterocycles. The van der Waals surface area contributed by atoms with Crippen LogP contribution < -0.4 is 11.1 Å². The van der Waals surface area contributed by atoms with Crippen LogP contribution in [0.3, 0.4) is 0 Å². The molecule has 0 bridgehead atoms. The standard InChI is InChI=1S/C15H15N3O/c16-14-5-6-17-9-13(14)15(19)18-12-7-10-3-1-2-4-11(10)8-12/h1-6,9,12H,7-8H2,(H2,16,17)(H,18,19). The van der Waals surface area contributed by atoms with Crippen LogP contribution in [0.4, 0.5) is 5.69 Å². The molecule has 0 atom stereocenters. The zero-order valence-corrected chi connectivity index (χ0v) is 10.5. The number of nitrogens with zero attached hydrogens (tertiary/aromatic N) is 1. The maximum absolute atomic E-state index is 12.1. The van der Waals surface area contributed by atoms with Crippen molar-refractivity contribution in [2.24, 2.45) is 0 Å². The number of amides is 1. The third-order valence-electron chi connectivity index (χ3n) is 3.49. The summed E-state index contributed by atoms with van der Waals surface area (Å²) in [6, 6.07) is 10.1. The molecule has 1 aromatic carbocycles. The van der Waals surface area contributed by atoms with Crippen molar-refractivity contribution >= 4 is 11.6 Å². The molecule has 1 aliphatic rings. The van der Waals surface area contributed by atoms with Gasteiger partial charge < -0.3 is 11.1 Å². The molecule has 0 saturated carbocycles. The fraction of sp³-hybridized carbons (Fsp3) is 0.200. The Hall–Kier alpha value is -2.36. The Balaban J connectivity index is 1.71. The highest BCUT2D eigenvalue weighted by Gasteiger charge is 2.23. The molecule has 19 heavy (non-hydrogen) atoms. The fourth-order valence-electron chi connectivity index (χ4n) is 2.52. The topological polar surface area (TPSA) is 68.0 Å². The van der Waals surface area contributed by atoms with E-state index in [-0.39, 0.29) is 11.9 Å². The molecule has 0 saturated heterocycles. The van der Waals surface area contributed by atoms with Gasteiger partial charge in [0.1, 0.15) is 0 Å². The van der Waals surface area contributed by atoms with E-state index in [1.165, 1.54) is 17.3 Å². The first kappa shape index (κ1) is 11.7. The van der Waals surface area contributed by atoms with Crippen LogP contribution in [0.5, 0.6) is 0 Å². The van der Waals surface area contributed by atoms with Crippen LogP contribution in [-0.2, 0) is 12.8 Å². The highest BCUT2D eigenvalue weighted by molar-refractivity contribution is 5.98. The molecular weight excluding hydrogens is 238 g/mol. The Bertz CT molecular complexity index is 599. The molecule has 0 unspecified atom stereocenters. The van der Waals surface area contributed by atoms with Crippen LogP contribution in [0.25, 0.3) is 0 Å². The van der Waals surface area contributed by atoms with E-state index in [2.05, 4.69) is 22.4 Å². The number of carbonyl (C=O) groups is 1. The SMILES string of the molecule is Nc1ccncc1C(=O)NC1Cc2ccccc2C1. The Morgan fingerprint density at radius 1 is 1.21 bits per heavy atom. The number of fused-ring (bicyclic) bond motifs is 1. The van der Waals surface area contributed by atoms with Crippen molar-refractivity contribution in [2.45, 2.75) is 18.9 Å². The Morgan fingerprint density at radius 3 is 2.53 bits per heavy atom. The first-order chi connectivity index (χ1) is 9.24. The van der Waals surface area contributed by atoms with Crippen molar-refractivity contribution in [1.29, 1.82) is 0 Å². The van der Waals surface area contributed by atoms with E-state index in [0.717, 1.165) is 12.8 Å². The van der Waals surface area contributed by atoms with Crippen molar-refractivity contribution < 1.29 is 4.79 Å².